The molecule has 3 rings (SSSR count). The molecule has 1 aromatic heterocycles. The lowest BCUT2D eigenvalue weighted by molar-refractivity contribution is 0.386. The van der Waals surface area contributed by atoms with Gasteiger partial charge in [-0.05, 0) is 17.7 Å². The van der Waals surface area contributed by atoms with Crippen molar-refractivity contribution in [3.8, 4) is 17.1 Å². The van der Waals surface area contributed by atoms with Crippen LogP contribution in [0.5, 0.6) is 5.75 Å². The molecule has 0 spiro atoms. The Labute approximate surface area is 138 Å². The minimum atomic E-state index is -0.353. The SMILES string of the molecule is COc1ccc(CSc2nnc(-c3ccccc3)n2C)cc1F. The van der Waals surface area contributed by atoms with E-state index >= 15 is 0 Å². The second kappa shape index (κ2) is 6.83. The predicted octanol–water partition coefficient (Wildman–Crippen LogP) is 3.92. The summed E-state index contributed by atoms with van der Waals surface area (Å²) in [6, 6.07) is 14.9. The van der Waals surface area contributed by atoms with Crippen LogP contribution in [-0.2, 0) is 12.8 Å². The van der Waals surface area contributed by atoms with E-state index in [4.69, 9.17) is 4.74 Å². The molecule has 0 aliphatic rings. The molecule has 0 fully saturated rings. The van der Waals surface area contributed by atoms with Gasteiger partial charge >= 0.3 is 0 Å². The van der Waals surface area contributed by atoms with Crippen molar-refractivity contribution in [2.45, 2.75) is 10.9 Å². The number of methoxy groups -OCH3 is 1. The lowest BCUT2D eigenvalue weighted by atomic mass is 10.2. The minimum Gasteiger partial charge on any atom is -0.494 e. The summed E-state index contributed by atoms with van der Waals surface area (Å²) < 4.78 is 20.6. The number of hydrogen-bond acceptors (Lipinski definition) is 4. The summed E-state index contributed by atoms with van der Waals surface area (Å²) >= 11 is 1.52. The average molecular weight is 329 g/mol. The van der Waals surface area contributed by atoms with Gasteiger partial charge < -0.3 is 9.30 Å². The van der Waals surface area contributed by atoms with Crippen molar-refractivity contribution >= 4 is 11.8 Å². The Kier molecular flexibility index (Phi) is 4.62. The molecule has 3 aromatic rings. The molecule has 6 heteroatoms. The van der Waals surface area contributed by atoms with Gasteiger partial charge in [0, 0.05) is 18.4 Å². The lowest BCUT2D eigenvalue weighted by Gasteiger charge is -2.06. The molecule has 2 aromatic carbocycles. The van der Waals surface area contributed by atoms with Crippen LogP contribution in [0.25, 0.3) is 11.4 Å². The van der Waals surface area contributed by atoms with Crippen LogP contribution < -0.4 is 4.74 Å². The Morgan fingerprint density at radius 3 is 2.61 bits per heavy atom. The Hall–Kier alpha value is -2.34. The third-order valence-electron chi connectivity index (χ3n) is 3.45. The van der Waals surface area contributed by atoms with Crippen LogP contribution in [0.15, 0.2) is 53.7 Å². The van der Waals surface area contributed by atoms with Crippen molar-refractivity contribution in [3.05, 3.63) is 59.9 Å². The molecule has 0 amide bonds. The zero-order valence-electron chi connectivity index (χ0n) is 12.9. The third-order valence-corrected chi connectivity index (χ3v) is 4.54. The summed E-state index contributed by atoms with van der Waals surface area (Å²) in [4.78, 5) is 0. The van der Waals surface area contributed by atoms with Crippen molar-refractivity contribution in [3.63, 3.8) is 0 Å². The van der Waals surface area contributed by atoms with Crippen LogP contribution in [0.1, 0.15) is 5.56 Å². The molecular formula is C17H16FN3OS. The molecule has 0 saturated heterocycles. The maximum absolute atomic E-state index is 13.7. The van der Waals surface area contributed by atoms with Gasteiger partial charge in [-0.2, -0.15) is 0 Å². The second-order valence-electron chi connectivity index (χ2n) is 4.99. The van der Waals surface area contributed by atoms with Gasteiger partial charge in [-0.1, -0.05) is 48.2 Å². The number of aromatic nitrogens is 3. The molecule has 118 valence electrons. The molecular weight excluding hydrogens is 313 g/mol. The summed E-state index contributed by atoms with van der Waals surface area (Å²) in [5.41, 5.74) is 1.89. The van der Waals surface area contributed by atoms with Gasteiger partial charge in [0.2, 0.25) is 0 Å². The van der Waals surface area contributed by atoms with Crippen molar-refractivity contribution < 1.29 is 9.13 Å². The highest BCUT2D eigenvalue weighted by Crippen LogP contribution is 2.26. The molecule has 0 radical (unpaired) electrons. The van der Waals surface area contributed by atoms with E-state index in [-0.39, 0.29) is 11.6 Å². The van der Waals surface area contributed by atoms with E-state index in [0.29, 0.717) is 5.75 Å². The van der Waals surface area contributed by atoms with Gasteiger partial charge in [-0.3, -0.25) is 0 Å². The molecule has 4 nitrogen and oxygen atoms in total. The number of rotatable bonds is 5. The first-order chi connectivity index (χ1) is 11.2. The first-order valence-electron chi connectivity index (χ1n) is 7.09. The van der Waals surface area contributed by atoms with Crippen LogP contribution in [-0.4, -0.2) is 21.9 Å². The van der Waals surface area contributed by atoms with Gasteiger partial charge in [-0.25, -0.2) is 4.39 Å². The van der Waals surface area contributed by atoms with Gasteiger partial charge in [0.1, 0.15) is 0 Å². The first kappa shape index (κ1) is 15.6. The number of hydrogen-bond donors (Lipinski definition) is 0. The van der Waals surface area contributed by atoms with Crippen LogP contribution in [0, 0.1) is 5.82 Å². The highest BCUT2D eigenvalue weighted by molar-refractivity contribution is 7.98. The van der Waals surface area contributed by atoms with Crippen molar-refractivity contribution in [2.75, 3.05) is 7.11 Å². The Balaban J connectivity index is 1.74. The molecule has 0 N–H and O–H groups in total. The summed E-state index contributed by atoms with van der Waals surface area (Å²) in [6.45, 7) is 0. The quantitative estimate of drug-likeness (QED) is 0.665. The highest BCUT2D eigenvalue weighted by Gasteiger charge is 2.11. The highest BCUT2D eigenvalue weighted by atomic mass is 32.2. The Bertz CT molecular complexity index is 805. The molecule has 0 unspecified atom stereocenters. The first-order valence-corrected chi connectivity index (χ1v) is 8.07. The van der Waals surface area contributed by atoms with Gasteiger partial charge in [0.05, 0.1) is 7.11 Å². The smallest absolute Gasteiger partial charge is 0.191 e. The van der Waals surface area contributed by atoms with E-state index in [1.165, 1.54) is 24.9 Å². The number of ether oxygens (including phenoxy) is 1. The predicted molar refractivity (Wildman–Crippen MR) is 89.0 cm³/mol. The number of thioether (sulfide) groups is 1. The number of benzene rings is 2. The topological polar surface area (TPSA) is 39.9 Å². The molecule has 0 bridgehead atoms. The fourth-order valence-electron chi connectivity index (χ4n) is 2.23. The van der Waals surface area contributed by atoms with E-state index in [1.807, 2.05) is 48.0 Å². The number of halogens is 1. The van der Waals surface area contributed by atoms with Crippen LogP contribution in [0.2, 0.25) is 0 Å². The monoisotopic (exact) mass is 329 g/mol. The van der Waals surface area contributed by atoms with E-state index in [9.17, 15) is 4.39 Å². The minimum absolute atomic E-state index is 0.253. The molecule has 0 atom stereocenters. The van der Waals surface area contributed by atoms with Crippen molar-refractivity contribution in [1.29, 1.82) is 0 Å². The summed E-state index contributed by atoms with van der Waals surface area (Å²) in [5, 5.41) is 9.25. The average Bonchev–Trinajstić information content (AvgIpc) is 2.94. The second-order valence-corrected chi connectivity index (χ2v) is 5.93. The van der Waals surface area contributed by atoms with Gasteiger partial charge in [0.25, 0.3) is 0 Å². The molecule has 0 saturated carbocycles. The van der Waals surface area contributed by atoms with Gasteiger partial charge in [0.15, 0.2) is 22.5 Å². The van der Waals surface area contributed by atoms with Crippen molar-refractivity contribution in [2.24, 2.45) is 7.05 Å². The normalized spacial score (nSPS) is 10.7. The molecule has 0 aliphatic heterocycles. The third kappa shape index (κ3) is 3.37. The van der Waals surface area contributed by atoms with Crippen LogP contribution in [0.3, 0.4) is 0 Å². The Morgan fingerprint density at radius 2 is 1.91 bits per heavy atom. The number of nitrogens with zero attached hydrogens (tertiary/aromatic N) is 3. The van der Waals surface area contributed by atoms with E-state index < -0.39 is 0 Å². The fourth-order valence-corrected chi connectivity index (χ4v) is 3.08. The zero-order chi connectivity index (χ0) is 16.2. The van der Waals surface area contributed by atoms with Gasteiger partial charge in [-0.15, -0.1) is 10.2 Å². The fraction of sp³-hybridized carbons (Fsp3) is 0.176. The lowest BCUT2D eigenvalue weighted by Crippen LogP contribution is -1.95. The molecule has 1 heterocycles. The summed E-state index contributed by atoms with van der Waals surface area (Å²) in [5.74, 6) is 1.33. The summed E-state index contributed by atoms with van der Waals surface area (Å²) in [6.07, 6.45) is 0. The van der Waals surface area contributed by atoms with Crippen molar-refractivity contribution in [1.82, 2.24) is 14.8 Å². The maximum atomic E-state index is 13.7. The standard InChI is InChI=1S/C17H16FN3OS/c1-21-16(13-6-4-3-5-7-13)19-20-17(21)23-11-12-8-9-15(22-2)14(18)10-12/h3-10H,11H2,1-2H3. The van der Waals surface area contributed by atoms with Crippen LogP contribution >= 0.6 is 11.8 Å². The largest absolute Gasteiger partial charge is 0.494 e. The molecule has 23 heavy (non-hydrogen) atoms. The van der Waals surface area contributed by atoms with Crippen LogP contribution in [0.4, 0.5) is 4.39 Å². The molecule has 0 aliphatic carbocycles. The van der Waals surface area contributed by atoms with E-state index in [0.717, 1.165) is 22.1 Å². The maximum Gasteiger partial charge on any atom is 0.191 e. The van der Waals surface area contributed by atoms with E-state index in [2.05, 4.69) is 10.2 Å². The Morgan fingerprint density at radius 1 is 1.13 bits per heavy atom. The summed E-state index contributed by atoms with van der Waals surface area (Å²) in [7, 11) is 3.39. The zero-order valence-corrected chi connectivity index (χ0v) is 13.7. The van der Waals surface area contributed by atoms with E-state index in [1.54, 1.807) is 6.07 Å².